The fourth-order valence-electron chi connectivity index (χ4n) is 2.27. The van der Waals surface area contributed by atoms with Gasteiger partial charge < -0.3 is 14.8 Å². The van der Waals surface area contributed by atoms with Crippen LogP contribution in [-0.4, -0.2) is 37.7 Å². The molecule has 0 fully saturated rings. The highest BCUT2D eigenvalue weighted by atomic mass is 79.9. The van der Waals surface area contributed by atoms with E-state index in [2.05, 4.69) is 38.5 Å². The first-order chi connectivity index (χ1) is 10.2. The van der Waals surface area contributed by atoms with Gasteiger partial charge in [-0.15, -0.1) is 0 Å². The van der Waals surface area contributed by atoms with Crippen molar-refractivity contribution in [1.29, 1.82) is 0 Å². The van der Waals surface area contributed by atoms with Crippen molar-refractivity contribution < 1.29 is 9.47 Å². The van der Waals surface area contributed by atoms with E-state index >= 15 is 0 Å². The maximum Gasteiger partial charge on any atom is 0.118 e. The van der Waals surface area contributed by atoms with Crippen molar-refractivity contribution in [3.8, 4) is 5.75 Å². The van der Waals surface area contributed by atoms with Crippen molar-refractivity contribution in [2.45, 2.75) is 12.6 Å². The standard InChI is InChI=1S/C15H20BrN3O2/c1-17-14(11-4-6-12(21-3)7-5-11)15-13(16)10-18-19(15)8-9-20-2/h4-7,10,14,17H,8-9H2,1-3H3. The third-order valence-corrected chi connectivity index (χ3v) is 3.96. The minimum Gasteiger partial charge on any atom is -0.497 e. The number of hydrogen-bond donors (Lipinski definition) is 1. The summed E-state index contributed by atoms with van der Waals surface area (Å²) in [6.45, 7) is 1.34. The summed E-state index contributed by atoms with van der Waals surface area (Å²) in [6, 6.07) is 8.08. The van der Waals surface area contributed by atoms with Crippen LogP contribution in [0.2, 0.25) is 0 Å². The predicted octanol–water partition coefficient (Wildman–Crippen LogP) is 2.61. The van der Waals surface area contributed by atoms with E-state index in [1.165, 1.54) is 0 Å². The van der Waals surface area contributed by atoms with Gasteiger partial charge in [0.2, 0.25) is 0 Å². The molecule has 1 heterocycles. The van der Waals surface area contributed by atoms with Gasteiger partial charge in [-0.3, -0.25) is 4.68 Å². The number of nitrogens with one attached hydrogen (secondary N) is 1. The van der Waals surface area contributed by atoms with Crippen LogP contribution < -0.4 is 10.1 Å². The van der Waals surface area contributed by atoms with Crippen molar-refractivity contribution in [2.24, 2.45) is 0 Å². The molecule has 5 nitrogen and oxygen atoms in total. The Bertz CT molecular complexity index is 569. The Morgan fingerprint density at radius 2 is 2.00 bits per heavy atom. The molecule has 1 N–H and O–H groups in total. The molecule has 6 heteroatoms. The molecule has 0 aliphatic rings. The minimum absolute atomic E-state index is 0.0460. The van der Waals surface area contributed by atoms with Gasteiger partial charge in [-0.2, -0.15) is 5.10 Å². The second-order valence-electron chi connectivity index (χ2n) is 4.59. The Kier molecular flexibility index (Phi) is 5.78. The van der Waals surface area contributed by atoms with Crippen LogP contribution in [0.25, 0.3) is 0 Å². The summed E-state index contributed by atoms with van der Waals surface area (Å²) < 4.78 is 13.3. The van der Waals surface area contributed by atoms with Gasteiger partial charge in [0.1, 0.15) is 5.75 Å². The quantitative estimate of drug-likeness (QED) is 0.831. The number of rotatable bonds is 7. The molecule has 2 rings (SSSR count). The van der Waals surface area contributed by atoms with Gasteiger partial charge in [-0.05, 0) is 40.7 Å². The molecular formula is C15H20BrN3O2. The van der Waals surface area contributed by atoms with Crippen LogP contribution in [0.1, 0.15) is 17.3 Å². The zero-order valence-electron chi connectivity index (χ0n) is 12.5. The van der Waals surface area contributed by atoms with Crippen molar-refractivity contribution in [2.75, 3.05) is 27.9 Å². The molecule has 1 unspecified atom stereocenters. The Balaban J connectivity index is 2.33. The second-order valence-corrected chi connectivity index (χ2v) is 5.44. The number of nitrogens with zero attached hydrogens (tertiary/aromatic N) is 2. The first kappa shape index (κ1) is 16.0. The van der Waals surface area contributed by atoms with E-state index in [4.69, 9.17) is 9.47 Å². The van der Waals surface area contributed by atoms with Gasteiger partial charge in [0, 0.05) is 7.11 Å². The molecule has 0 saturated carbocycles. The Morgan fingerprint density at radius 1 is 1.29 bits per heavy atom. The van der Waals surface area contributed by atoms with Gasteiger partial charge in [0.05, 0.1) is 42.7 Å². The zero-order chi connectivity index (χ0) is 15.2. The van der Waals surface area contributed by atoms with Crippen LogP contribution in [0.15, 0.2) is 34.9 Å². The van der Waals surface area contributed by atoms with Gasteiger partial charge in [0.25, 0.3) is 0 Å². The summed E-state index contributed by atoms with van der Waals surface area (Å²) in [5, 5.41) is 7.75. The molecule has 0 aliphatic carbocycles. The number of ether oxygens (including phenoxy) is 2. The topological polar surface area (TPSA) is 48.3 Å². The molecule has 1 aromatic carbocycles. The van der Waals surface area contributed by atoms with Crippen LogP contribution in [0.3, 0.4) is 0 Å². The molecule has 1 atom stereocenters. The van der Waals surface area contributed by atoms with Gasteiger partial charge in [-0.25, -0.2) is 0 Å². The molecule has 0 amide bonds. The van der Waals surface area contributed by atoms with Gasteiger partial charge >= 0.3 is 0 Å². The van der Waals surface area contributed by atoms with E-state index < -0.39 is 0 Å². The molecule has 1 aromatic heterocycles. The fraction of sp³-hybridized carbons (Fsp3) is 0.400. The second kappa shape index (κ2) is 7.59. The molecule has 114 valence electrons. The van der Waals surface area contributed by atoms with Crippen molar-refractivity contribution in [3.05, 3.63) is 46.2 Å². The van der Waals surface area contributed by atoms with Gasteiger partial charge in [0.15, 0.2) is 0 Å². The molecule has 0 saturated heterocycles. The number of methoxy groups -OCH3 is 2. The summed E-state index contributed by atoms with van der Waals surface area (Å²) in [5.74, 6) is 0.848. The number of halogens is 1. The summed E-state index contributed by atoms with van der Waals surface area (Å²) in [5.41, 5.74) is 2.23. The minimum atomic E-state index is 0.0460. The highest BCUT2D eigenvalue weighted by Gasteiger charge is 2.20. The molecule has 0 aliphatic heterocycles. The summed E-state index contributed by atoms with van der Waals surface area (Å²) in [7, 11) is 5.30. The third kappa shape index (κ3) is 3.64. The SMILES string of the molecule is CNC(c1ccc(OC)cc1)c1c(Br)cnn1CCOC. The van der Waals surface area contributed by atoms with E-state index in [0.29, 0.717) is 13.2 Å². The Labute approximate surface area is 133 Å². The molecule has 0 bridgehead atoms. The van der Waals surface area contributed by atoms with E-state index in [9.17, 15) is 0 Å². The normalized spacial score (nSPS) is 12.4. The highest BCUT2D eigenvalue weighted by Crippen LogP contribution is 2.29. The molecule has 2 aromatic rings. The van der Waals surface area contributed by atoms with E-state index in [1.807, 2.05) is 30.1 Å². The Morgan fingerprint density at radius 3 is 2.57 bits per heavy atom. The van der Waals surface area contributed by atoms with Crippen LogP contribution in [0, 0.1) is 0 Å². The number of benzene rings is 1. The lowest BCUT2D eigenvalue weighted by atomic mass is 10.0. The molecule has 0 spiro atoms. The van der Waals surface area contributed by atoms with Crippen molar-refractivity contribution in [3.63, 3.8) is 0 Å². The Hall–Kier alpha value is -1.37. The predicted molar refractivity (Wildman–Crippen MR) is 85.7 cm³/mol. The first-order valence-electron chi connectivity index (χ1n) is 6.72. The zero-order valence-corrected chi connectivity index (χ0v) is 14.1. The van der Waals surface area contributed by atoms with Crippen LogP contribution in [0.4, 0.5) is 0 Å². The van der Waals surface area contributed by atoms with E-state index in [-0.39, 0.29) is 6.04 Å². The largest absolute Gasteiger partial charge is 0.497 e. The lowest BCUT2D eigenvalue weighted by molar-refractivity contribution is 0.182. The highest BCUT2D eigenvalue weighted by molar-refractivity contribution is 9.10. The average molecular weight is 354 g/mol. The van der Waals surface area contributed by atoms with E-state index in [0.717, 1.165) is 21.5 Å². The van der Waals surface area contributed by atoms with Crippen LogP contribution in [-0.2, 0) is 11.3 Å². The molecular weight excluding hydrogens is 334 g/mol. The maximum atomic E-state index is 5.21. The third-order valence-electron chi connectivity index (χ3n) is 3.35. The smallest absolute Gasteiger partial charge is 0.118 e. The van der Waals surface area contributed by atoms with E-state index in [1.54, 1.807) is 14.2 Å². The average Bonchev–Trinajstić information content (AvgIpc) is 2.88. The first-order valence-corrected chi connectivity index (χ1v) is 7.52. The molecule has 0 radical (unpaired) electrons. The summed E-state index contributed by atoms with van der Waals surface area (Å²) in [4.78, 5) is 0. The maximum absolute atomic E-state index is 5.21. The summed E-state index contributed by atoms with van der Waals surface area (Å²) in [6.07, 6.45) is 1.82. The number of aromatic nitrogens is 2. The van der Waals surface area contributed by atoms with Gasteiger partial charge in [-0.1, -0.05) is 12.1 Å². The lowest BCUT2D eigenvalue weighted by Crippen LogP contribution is -2.23. The molecule has 21 heavy (non-hydrogen) atoms. The summed E-state index contributed by atoms with van der Waals surface area (Å²) >= 11 is 3.59. The van der Waals surface area contributed by atoms with Crippen molar-refractivity contribution >= 4 is 15.9 Å². The number of hydrogen-bond acceptors (Lipinski definition) is 4. The monoisotopic (exact) mass is 353 g/mol. The van der Waals surface area contributed by atoms with Crippen LogP contribution >= 0.6 is 15.9 Å². The van der Waals surface area contributed by atoms with Crippen molar-refractivity contribution in [1.82, 2.24) is 15.1 Å². The lowest BCUT2D eigenvalue weighted by Gasteiger charge is -2.19. The van der Waals surface area contributed by atoms with Crippen LogP contribution in [0.5, 0.6) is 5.75 Å². The fourth-order valence-corrected chi connectivity index (χ4v) is 2.80.